The molecule has 6 heteroatoms. The quantitative estimate of drug-likeness (QED) is 0.893. The monoisotopic (exact) mass is 336 g/mol. The molecule has 0 aliphatic heterocycles. The minimum atomic E-state index is -0.709. The van der Waals surface area contributed by atoms with E-state index in [0.29, 0.717) is 21.3 Å². The van der Waals surface area contributed by atoms with Gasteiger partial charge in [0.15, 0.2) is 0 Å². The number of benzene rings is 2. The summed E-state index contributed by atoms with van der Waals surface area (Å²) in [6.07, 6.45) is 0. The Hall–Kier alpha value is -2.04. The number of nitrogens with one attached hydrogen (secondary N) is 2. The molecule has 0 aromatic heterocycles. The number of anilines is 1. The molecule has 0 heterocycles. The molecule has 0 saturated heterocycles. The number of hydrogen-bond acceptors (Lipinski definition) is 2. The Bertz CT molecular complexity index is 687. The van der Waals surface area contributed by atoms with E-state index in [1.807, 2.05) is 0 Å². The van der Waals surface area contributed by atoms with E-state index in [9.17, 15) is 9.59 Å². The van der Waals surface area contributed by atoms with Crippen molar-refractivity contribution in [2.24, 2.45) is 0 Å². The third-order valence-electron chi connectivity index (χ3n) is 2.97. The Balaban J connectivity index is 1.98. The van der Waals surface area contributed by atoms with Crippen molar-refractivity contribution in [3.63, 3.8) is 0 Å². The first-order chi connectivity index (χ1) is 10.5. The second kappa shape index (κ2) is 7.29. The number of rotatable bonds is 4. The third-order valence-corrected chi connectivity index (χ3v) is 3.55. The smallest absolute Gasteiger partial charge is 0.253 e. The van der Waals surface area contributed by atoms with Gasteiger partial charge in [-0.25, -0.2) is 0 Å². The summed E-state index contributed by atoms with van der Waals surface area (Å²) in [5.41, 5.74) is 0.934. The van der Waals surface area contributed by atoms with E-state index in [0.717, 1.165) is 0 Å². The lowest BCUT2D eigenvalue weighted by Gasteiger charge is -2.14. The Morgan fingerprint density at radius 2 is 1.64 bits per heavy atom. The minimum Gasteiger partial charge on any atom is -0.340 e. The predicted octanol–water partition coefficient (Wildman–Crippen LogP) is 3.75. The summed E-state index contributed by atoms with van der Waals surface area (Å²) in [6, 6.07) is 12.7. The van der Waals surface area contributed by atoms with Crippen molar-refractivity contribution in [3.05, 3.63) is 64.1 Å². The summed E-state index contributed by atoms with van der Waals surface area (Å²) in [5, 5.41) is 6.22. The molecule has 2 rings (SSSR count). The van der Waals surface area contributed by atoms with Crippen molar-refractivity contribution in [2.75, 3.05) is 5.32 Å². The molecule has 0 spiro atoms. The topological polar surface area (TPSA) is 58.2 Å². The lowest BCUT2D eigenvalue weighted by molar-refractivity contribution is -0.117. The largest absolute Gasteiger partial charge is 0.340 e. The van der Waals surface area contributed by atoms with Gasteiger partial charge in [-0.15, -0.1) is 0 Å². The fraction of sp³-hybridized carbons (Fsp3) is 0.125. The van der Waals surface area contributed by atoms with Gasteiger partial charge in [-0.3, -0.25) is 9.59 Å². The average molecular weight is 337 g/mol. The summed E-state index contributed by atoms with van der Waals surface area (Å²) in [4.78, 5) is 24.1. The molecule has 114 valence electrons. The molecular weight excluding hydrogens is 323 g/mol. The highest BCUT2D eigenvalue weighted by molar-refractivity contribution is 6.33. The van der Waals surface area contributed by atoms with Gasteiger partial charge < -0.3 is 10.6 Å². The summed E-state index contributed by atoms with van der Waals surface area (Å²) < 4.78 is 0. The van der Waals surface area contributed by atoms with Crippen LogP contribution in [-0.4, -0.2) is 17.9 Å². The Morgan fingerprint density at radius 3 is 2.27 bits per heavy atom. The van der Waals surface area contributed by atoms with Crippen molar-refractivity contribution in [1.82, 2.24) is 5.32 Å². The molecule has 0 bridgehead atoms. The van der Waals surface area contributed by atoms with Crippen molar-refractivity contribution >= 4 is 40.7 Å². The molecule has 0 aliphatic rings. The third kappa shape index (κ3) is 4.23. The highest BCUT2D eigenvalue weighted by Crippen LogP contribution is 2.15. The molecule has 2 N–H and O–H groups in total. The molecule has 4 nitrogen and oxygen atoms in total. The predicted molar refractivity (Wildman–Crippen MR) is 88.5 cm³/mol. The van der Waals surface area contributed by atoms with Gasteiger partial charge in [0.05, 0.1) is 10.6 Å². The maximum Gasteiger partial charge on any atom is 0.253 e. The van der Waals surface area contributed by atoms with E-state index in [-0.39, 0.29) is 5.91 Å². The fourth-order valence-electron chi connectivity index (χ4n) is 1.77. The summed E-state index contributed by atoms with van der Waals surface area (Å²) in [5.74, 6) is -0.730. The van der Waals surface area contributed by atoms with Gasteiger partial charge >= 0.3 is 0 Å². The van der Waals surface area contributed by atoms with Gasteiger partial charge in [-0.1, -0.05) is 35.3 Å². The molecule has 0 fully saturated rings. The van der Waals surface area contributed by atoms with Crippen LogP contribution in [0.2, 0.25) is 10.0 Å². The second-order valence-corrected chi connectivity index (χ2v) is 5.51. The first-order valence-corrected chi connectivity index (χ1v) is 7.35. The molecule has 0 unspecified atom stereocenters. The van der Waals surface area contributed by atoms with Gasteiger partial charge in [0.25, 0.3) is 5.91 Å². The van der Waals surface area contributed by atoms with Crippen LogP contribution in [0.25, 0.3) is 0 Å². The van der Waals surface area contributed by atoms with E-state index < -0.39 is 11.9 Å². The SMILES string of the molecule is C[C@@H](NC(=O)c1ccccc1Cl)C(=O)Nc1ccc(Cl)cc1. The zero-order valence-electron chi connectivity index (χ0n) is 11.8. The van der Waals surface area contributed by atoms with Crippen molar-refractivity contribution in [2.45, 2.75) is 13.0 Å². The number of halogens is 2. The molecule has 2 aromatic rings. The number of hydrogen-bond donors (Lipinski definition) is 2. The maximum absolute atomic E-state index is 12.1. The van der Waals surface area contributed by atoms with Crippen LogP contribution >= 0.6 is 23.2 Å². The lowest BCUT2D eigenvalue weighted by atomic mass is 10.2. The maximum atomic E-state index is 12.1. The highest BCUT2D eigenvalue weighted by Gasteiger charge is 2.18. The van der Waals surface area contributed by atoms with E-state index in [1.165, 1.54) is 0 Å². The van der Waals surface area contributed by atoms with Crippen LogP contribution in [0, 0.1) is 0 Å². The zero-order chi connectivity index (χ0) is 16.1. The standard InChI is InChI=1S/C16H14Cl2N2O2/c1-10(15(21)20-12-8-6-11(17)7-9-12)19-16(22)13-4-2-3-5-14(13)18/h2-10H,1H3,(H,19,22)(H,20,21)/t10-/m1/s1. The Morgan fingerprint density at radius 1 is 1.00 bits per heavy atom. The van der Waals surface area contributed by atoms with Crippen LogP contribution in [0.15, 0.2) is 48.5 Å². The molecule has 22 heavy (non-hydrogen) atoms. The Labute approximate surface area is 138 Å². The molecular formula is C16H14Cl2N2O2. The van der Waals surface area contributed by atoms with Crippen LogP contribution < -0.4 is 10.6 Å². The average Bonchev–Trinajstić information content (AvgIpc) is 2.49. The number of amides is 2. The molecule has 0 radical (unpaired) electrons. The highest BCUT2D eigenvalue weighted by atomic mass is 35.5. The van der Waals surface area contributed by atoms with Gasteiger partial charge in [-0.05, 0) is 43.3 Å². The molecule has 0 aliphatic carbocycles. The van der Waals surface area contributed by atoms with Crippen LogP contribution in [0.5, 0.6) is 0 Å². The summed E-state index contributed by atoms with van der Waals surface area (Å²) >= 11 is 11.7. The van der Waals surface area contributed by atoms with Gasteiger partial charge in [0, 0.05) is 10.7 Å². The number of carbonyl (C=O) groups excluding carboxylic acids is 2. The van der Waals surface area contributed by atoms with E-state index in [2.05, 4.69) is 10.6 Å². The van der Waals surface area contributed by atoms with Crippen molar-refractivity contribution in [3.8, 4) is 0 Å². The summed E-state index contributed by atoms with van der Waals surface area (Å²) in [6.45, 7) is 1.60. The number of carbonyl (C=O) groups is 2. The van der Waals surface area contributed by atoms with Gasteiger partial charge in [0.1, 0.15) is 6.04 Å². The molecule has 1 atom stereocenters. The van der Waals surface area contributed by atoms with Gasteiger partial charge in [-0.2, -0.15) is 0 Å². The summed E-state index contributed by atoms with van der Waals surface area (Å²) in [7, 11) is 0. The van der Waals surface area contributed by atoms with Crippen LogP contribution in [0.4, 0.5) is 5.69 Å². The van der Waals surface area contributed by atoms with E-state index in [4.69, 9.17) is 23.2 Å². The van der Waals surface area contributed by atoms with Crippen molar-refractivity contribution < 1.29 is 9.59 Å². The lowest BCUT2D eigenvalue weighted by Crippen LogP contribution is -2.41. The molecule has 0 saturated carbocycles. The molecule has 2 aromatic carbocycles. The second-order valence-electron chi connectivity index (χ2n) is 4.67. The van der Waals surface area contributed by atoms with Gasteiger partial charge in [0.2, 0.25) is 5.91 Å². The molecule has 2 amide bonds. The van der Waals surface area contributed by atoms with E-state index >= 15 is 0 Å². The normalized spacial score (nSPS) is 11.6. The van der Waals surface area contributed by atoms with Crippen LogP contribution in [0.1, 0.15) is 17.3 Å². The minimum absolute atomic E-state index is 0.329. The Kier molecular flexibility index (Phi) is 5.41. The fourth-order valence-corrected chi connectivity index (χ4v) is 2.12. The van der Waals surface area contributed by atoms with Crippen LogP contribution in [0.3, 0.4) is 0 Å². The zero-order valence-corrected chi connectivity index (χ0v) is 13.3. The van der Waals surface area contributed by atoms with Crippen LogP contribution in [-0.2, 0) is 4.79 Å². The first-order valence-electron chi connectivity index (χ1n) is 6.59. The van der Waals surface area contributed by atoms with Crippen molar-refractivity contribution in [1.29, 1.82) is 0 Å². The first kappa shape index (κ1) is 16.3. The van der Waals surface area contributed by atoms with E-state index in [1.54, 1.807) is 55.5 Å².